The van der Waals surface area contributed by atoms with Gasteiger partial charge in [-0.3, -0.25) is 4.79 Å². The van der Waals surface area contributed by atoms with Crippen LogP contribution < -0.4 is 10.2 Å². The molecule has 1 fully saturated rings. The van der Waals surface area contributed by atoms with Gasteiger partial charge in [-0.25, -0.2) is 0 Å². The standard InChI is InChI=1S/C15H23N3O2/c1-12-10-13(18-8-6-17(2)7-9-18)4-5-14(12)16-15(19)11-20-3/h4-5,10H,6-9,11H2,1-3H3,(H,16,19). The number of amides is 1. The lowest BCUT2D eigenvalue weighted by Gasteiger charge is -2.34. The smallest absolute Gasteiger partial charge is 0.250 e. The first-order chi connectivity index (χ1) is 9.60. The van der Waals surface area contributed by atoms with Crippen LogP contribution in [0.2, 0.25) is 0 Å². The van der Waals surface area contributed by atoms with Crippen molar-refractivity contribution in [3.8, 4) is 0 Å². The summed E-state index contributed by atoms with van der Waals surface area (Å²) < 4.78 is 4.82. The summed E-state index contributed by atoms with van der Waals surface area (Å²) in [7, 11) is 3.67. The average Bonchev–Trinajstić information content (AvgIpc) is 2.42. The first kappa shape index (κ1) is 14.8. The molecule has 1 N–H and O–H groups in total. The van der Waals surface area contributed by atoms with Crippen LogP contribution >= 0.6 is 0 Å². The van der Waals surface area contributed by atoms with Crippen molar-refractivity contribution < 1.29 is 9.53 Å². The molecule has 0 bridgehead atoms. The minimum atomic E-state index is -0.122. The second kappa shape index (κ2) is 6.72. The lowest BCUT2D eigenvalue weighted by Crippen LogP contribution is -2.44. The van der Waals surface area contributed by atoms with Gasteiger partial charge in [0.05, 0.1) is 0 Å². The number of ether oxygens (including phenoxy) is 1. The molecule has 0 spiro atoms. The highest BCUT2D eigenvalue weighted by molar-refractivity contribution is 5.92. The Hall–Kier alpha value is -1.59. The predicted molar refractivity (Wildman–Crippen MR) is 81.4 cm³/mol. The Morgan fingerprint density at radius 2 is 2.00 bits per heavy atom. The van der Waals surface area contributed by atoms with E-state index < -0.39 is 0 Å². The Morgan fingerprint density at radius 3 is 2.60 bits per heavy atom. The summed E-state index contributed by atoms with van der Waals surface area (Å²) in [5.74, 6) is -0.122. The van der Waals surface area contributed by atoms with E-state index in [1.807, 2.05) is 13.0 Å². The van der Waals surface area contributed by atoms with Crippen LogP contribution in [0.4, 0.5) is 11.4 Å². The van der Waals surface area contributed by atoms with Crippen molar-refractivity contribution in [2.75, 3.05) is 57.2 Å². The molecule has 1 amide bonds. The van der Waals surface area contributed by atoms with Crippen LogP contribution in [0, 0.1) is 6.92 Å². The molecule has 0 radical (unpaired) electrons. The number of nitrogens with one attached hydrogen (secondary N) is 1. The molecule has 1 saturated heterocycles. The summed E-state index contributed by atoms with van der Waals surface area (Å²) in [6, 6.07) is 6.17. The van der Waals surface area contributed by atoms with E-state index in [9.17, 15) is 4.79 Å². The molecule has 2 rings (SSSR count). The molecule has 1 heterocycles. The molecule has 0 unspecified atom stereocenters. The highest BCUT2D eigenvalue weighted by atomic mass is 16.5. The lowest BCUT2D eigenvalue weighted by atomic mass is 10.1. The number of hydrogen-bond donors (Lipinski definition) is 1. The normalized spacial score (nSPS) is 16.2. The van der Waals surface area contributed by atoms with Gasteiger partial charge in [0.15, 0.2) is 0 Å². The van der Waals surface area contributed by atoms with Gasteiger partial charge in [0.2, 0.25) is 5.91 Å². The minimum Gasteiger partial charge on any atom is -0.375 e. The van der Waals surface area contributed by atoms with Gasteiger partial charge >= 0.3 is 0 Å². The second-order valence-corrected chi connectivity index (χ2v) is 5.27. The second-order valence-electron chi connectivity index (χ2n) is 5.27. The van der Waals surface area contributed by atoms with E-state index in [0.717, 1.165) is 37.4 Å². The Labute approximate surface area is 120 Å². The van der Waals surface area contributed by atoms with Crippen molar-refractivity contribution in [1.82, 2.24) is 4.90 Å². The predicted octanol–water partition coefficient (Wildman–Crippen LogP) is 1.33. The van der Waals surface area contributed by atoms with E-state index >= 15 is 0 Å². The molecular formula is C15H23N3O2. The van der Waals surface area contributed by atoms with Crippen LogP contribution in [0.1, 0.15) is 5.56 Å². The van der Waals surface area contributed by atoms with E-state index in [1.54, 1.807) is 0 Å². The topological polar surface area (TPSA) is 44.8 Å². The molecule has 1 aliphatic heterocycles. The number of rotatable bonds is 4. The number of benzene rings is 1. The van der Waals surface area contributed by atoms with Gasteiger partial charge < -0.3 is 19.9 Å². The molecule has 0 aromatic heterocycles. The Kier molecular flexibility index (Phi) is 4.98. The third-order valence-electron chi connectivity index (χ3n) is 3.63. The summed E-state index contributed by atoms with van der Waals surface area (Å²) in [4.78, 5) is 16.3. The molecular weight excluding hydrogens is 254 g/mol. The van der Waals surface area contributed by atoms with Crippen molar-refractivity contribution in [1.29, 1.82) is 0 Å². The number of anilines is 2. The van der Waals surface area contributed by atoms with E-state index in [4.69, 9.17) is 4.74 Å². The van der Waals surface area contributed by atoms with Crippen LogP contribution in [-0.4, -0.2) is 57.8 Å². The van der Waals surface area contributed by atoms with Crippen molar-refractivity contribution in [2.45, 2.75) is 6.92 Å². The molecule has 0 aliphatic carbocycles. The van der Waals surface area contributed by atoms with Gasteiger partial charge in [-0.15, -0.1) is 0 Å². The number of piperazine rings is 1. The van der Waals surface area contributed by atoms with Gasteiger partial charge in [0.1, 0.15) is 6.61 Å². The van der Waals surface area contributed by atoms with Crippen LogP contribution in [0.25, 0.3) is 0 Å². The Morgan fingerprint density at radius 1 is 1.30 bits per heavy atom. The number of aryl methyl sites for hydroxylation is 1. The maximum atomic E-state index is 11.5. The Bertz CT molecular complexity index is 468. The van der Waals surface area contributed by atoms with Gasteiger partial charge in [-0.2, -0.15) is 0 Å². The lowest BCUT2D eigenvalue weighted by molar-refractivity contribution is -0.119. The molecule has 1 aromatic rings. The SMILES string of the molecule is COCC(=O)Nc1ccc(N2CCN(C)CC2)cc1C. The fourth-order valence-corrected chi connectivity index (χ4v) is 2.37. The molecule has 20 heavy (non-hydrogen) atoms. The fourth-order valence-electron chi connectivity index (χ4n) is 2.37. The summed E-state index contributed by atoms with van der Waals surface area (Å²) in [5, 5.41) is 2.86. The Balaban J connectivity index is 2.03. The number of methoxy groups -OCH3 is 1. The summed E-state index contributed by atoms with van der Waals surface area (Å²) >= 11 is 0. The molecule has 0 saturated carbocycles. The van der Waals surface area contributed by atoms with Crippen LogP contribution in [0.15, 0.2) is 18.2 Å². The largest absolute Gasteiger partial charge is 0.375 e. The maximum Gasteiger partial charge on any atom is 0.250 e. The zero-order valence-corrected chi connectivity index (χ0v) is 12.5. The number of carbonyl (C=O) groups is 1. The molecule has 0 atom stereocenters. The maximum absolute atomic E-state index is 11.5. The summed E-state index contributed by atoms with van der Waals surface area (Å²) in [5.41, 5.74) is 3.15. The van der Waals surface area contributed by atoms with E-state index in [2.05, 4.69) is 34.3 Å². The average molecular weight is 277 g/mol. The molecule has 5 nitrogen and oxygen atoms in total. The zero-order valence-electron chi connectivity index (χ0n) is 12.5. The quantitative estimate of drug-likeness (QED) is 0.902. The zero-order chi connectivity index (χ0) is 14.5. The van der Waals surface area contributed by atoms with E-state index in [1.165, 1.54) is 12.8 Å². The van der Waals surface area contributed by atoms with Crippen LogP contribution in [0.5, 0.6) is 0 Å². The first-order valence-corrected chi connectivity index (χ1v) is 6.93. The van der Waals surface area contributed by atoms with Crippen molar-refractivity contribution >= 4 is 17.3 Å². The van der Waals surface area contributed by atoms with E-state index in [0.29, 0.717) is 0 Å². The molecule has 1 aliphatic rings. The van der Waals surface area contributed by atoms with Crippen molar-refractivity contribution in [3.63, 3.8) is 0 Å². The molecule has 5 heteroatoms. The minimum absolute atomic E-state index is 0.0830. The van der Waals surface area contributed by atoms with Gasteiger partial charge in [-0.1, -0.05) is 0 Å². The third-order valence-corrected chi connectivity index (χ3v) is 3.63. The molecule has 1 aromatic carbocycles. The number of likely N-dealkylation sites (N-methyl/N-ethyl adjacent to an activating group) is 1. The fraction of sp³-hybridized carbons (Fsp3) is 0.533. The van der Waals surface area contributed by atoms with Crippen molar-refractivity contribution in [3.05, 3.63) is 23.8 Å². The van der Waals surface area contributed by atoms with Crippen LogP contribution in [0.3, 0.4) is 0 Å². The van der Waals surface area contributed by atoms with Crippen molar-refractivity contribution in [2.24, 2.45) is 0 Å². The number of hydrogen-bond acceptors (Lipinski definition) is 4. The van der Waals surface area contributed by atoms with Gasteiger partial charge in [0, 0.05) is 44.7 Å². The molecule has 110 valence electrons. The summed E-state index contributed by atoms with van der Waals surface area (Å²) in [6.45, 7) is 6.37. The van der Waals surface area contributed by atoms with Gasteiger partial charge in [0.25, 0.3) is 0 Å². The third kappa shape index (κ3) is 3.71. The van der Waals surface area contributed by atoms with E-state index in [-0.39, 0.29) is 12.5 Å². The van der Waals surface area contributed by atoms with Crippen LogP contribution in [-0.2, 0) is 9.53 Å². The highest BCUT2D eigenvalue weighted by Gasteiger charge is 2.15. The highest BCUT2D eigenvalue weighted by Crippen LogP contribution is 2.23. The summed E-state index contributed by atoms with van der Waals surface area (Å²) in [6.07, 6.45) is 0. The number of carbonyl (C=O) groups excluding carboxylic acids is 1. The monoisotopic (exact) mass is 277 g/mol. The van der Waals surface area contributed by atoms with Gasteiger partial charge in [-0.05, 0) is 37.7 Å². The number of nitrogens with zero attached hydrogens (tertiary/aromatic N) is 2. The first-order valence-electron chi connectivity index (χ1n) is 6.93.